The van der Waals surface area contributed by atoms with E-state index in [0.717, 1.165) is 38.6 Å². The number of unbranched alkanes of at least 4 members (excludes halogenated alkanes) is 3. The minimum atomic E-state index is -2.31. The van der Waals surface area contributed by atoms with Crippen LogP contribution in [0.15, 0.2) is 98.1 Å². The van der Waals surface area contributed by atoms with Gasteiger partial charge in [0, 0.05) is 69.2 Å². The van der Waals surface area contributed by atoms with Crippen molar-refractivity contribution in [3.8, 4) is 5.75 Å². The summed E-state index contributed by atoms with van der Waals surface area (Å²) < 4.78 is 79.7. The topological polar surface area (TPSA) is 101 Å². The summed E-state index contributed by atoms with van der Waals surface area (Å²) in [7, 11) is 0. The number of aromatic nitrogens is 4. The molecule has 2 atom stereocenters. The Balaban J connectivity index is 0.000000239. The summed E-state index contributed by atoms with van der Waals surface area (Å²) in [5.74, 6) is -13.6. The van der Waals surface area contributed by atoms with Crippen LogP contribution in [-0.4, -0.2) is 43.2 Å². The molecule has 0 spiro atoms. The molecule has 5 aromatic rings. The fourth-order valence-corrected chi connectivity index (χ4v) is 5.66. The minimum Gasteiger partial charge on any atom is -0.418 e. The van der Waals surface area contributed by atoms with Gasteiger partial charge in [0.05, 0.1) is 0 Å². The Morgan fingerprint density at radius 3 is 1.48 bits per heavy atom. The second kappa shape index (κ2) is 20.7. The van der Waals surface area contributed by atoms with Crippen LogP contribution in [0, 0.1) is 29.1 Å². The number of benzene rings is 1. The van der Waals surface area contributed by atoms with Crippen LogP contribution < -0.4 is 15.8 Å². The van der Waals surface area contributed by atoms with E-state index in [9.17, 15) is 31.5 Å². The molecule has 1 amide bonds. The van der Waals surface area contributed by atoms with Gasteiger partial charge in [0.1, 0.15) is 12.1 Å². The predicted octanol–water partition coefficient (Wildman–Crippen LogP) is 7.56. The normalized spacial score (nSPS) is 12.2. The highest BCUT2D eigenvalue weighted by atomic mass is 19.2. The number of halogens is 5. The fourth-order valence-electron chi connectivity index (χ4n) is 5.66. The molecule has 1 aromatic carbocycles. The van der Waals surface area contributed by atoms with Crippen LogP contribution in [0.2, 0.25) is 0 Å². The van der Waals surface area contributed by atoms with Crippen LogP contribution in [0.4, 0.5) is 22.0 Å². The van der Waals surface area contributed by atoms with E-state index < -0.39 is 46.8 Å². The lowest BCUT2D eigenvalue weighted by molar-refractivity contribution is -0.139. The molecule has 0 bridgehead atoms. The molecule has 52 heavy (non-hydrogen) atoms. The first-order chi connectivity index (χ1) is 25.2. The standard InChI is InChI=1S/C20H17F5N2O2.C18H28N4O/c21-14-15(22)17(24)19(18(25)16(14)23)29-20(28)13(27-11-5-6-12-27)7-1-2-8-26-9-3-4-10-26;19-10-2-3-11-20-18(23)17(22-15-7-8-16-22)9-1-4-12-21-13-5-6-14-21/h3-6,9-13H,1-2,7-8H2;5-8,13-17H,1-4,9-12,19H2,(H,20,23)/t13-;17-/m00/s1. The molecule has 9 nitrogen and oxygen atoms in total. The van der Waals surface area contributed by atoms with Crippen molar-refractivity contribution in [2.45, 2.75) is 76.5 Å². The van der Waals surface area contributed by atoms with Crippen LogP contribution in [0.5, 0.6) is 5.75 Å². The number of nitrogens with two attached hydrogens (primary N) is 1. The molecule has 0 aliphatic carbocycles. The molecular weight excluding hydrogens is 683 g/mol. The first kappa shape index (κ1) is 39.7. The number of aryl methyl sites for hydroxylation is 2. The molecule has 0 radical (unpaired) electrons. The van der Waals surface area contributed by atoms with Gasteiger partial charge in [-0.2, -0.15) is 8.78 Å². The molecule has 0 unspecified atom stereocenters. The van der Waals surface area contributed by atoms with Crippen molar-refractivity contribution < 1.29 is 36.3 Å². The highest BCUT2D eigenvalue weighted by Crippen LogP contribution is 2.31. The van der Waals surface area contributed by atoms with E-state index in [1.165, 1.54) is 4.57 Å². The molecule has 0 fully saturated rings. The van der Waals surface area contributed by atoms with Gasteiger partial charge < -0.3 is 34.1 Å². The lowest BCUT2D eigenvalue weighted by Gasteiger charge is -2.19. The van der Waals surface area contributed by atoms with Crippen molar-refractivity contribution in [1.82, 2.24) is 23.6 Å². The summed E-state index contributed by atoms with van der Waals surface area (Å²) in [4.78, 5) is 25.0. The Hall–Kier alpha value is -5.11. The summed E-state index contributed by atoms with van der Waals surface area (Å²) in [5, 5.41) is 3.04. The van der Waals surface area contributed by atoms with Gasteiger partial charge in [-0.1, -0.05) is 0 Å². The van der Waals surface area contributed by atoms with E-state index in [1.807, 2.05) is 70.3 Å². The summed E-state index contributed by atoms with van der Waals surface area (Å²) >= 11 is 0. The molecule has 0 aliphatic heterocycles. The molecule has 0 aliphatic rings. The third-order valence-electron chi connectivity index (χ3n) is 8.47. The Morgan fingerprint density at radius 2 is 1.00 bits per heavy atom. The lowest BCUT2D eigenvalue weighted by Crippen LogP contribution is -2.33. The summed E-state index contributed by atoms with van der Waals surface area (Å²) in [6.45, 7) is 3.09. The monoisotopic (exact) mass is 728 g/mol. The van der Waals surface area contributed by atoms with Crippen molar-refractivity contribution in [3.05, 3.63) is 127 Å². The van der Waals surface area contributed by atoms with E-state index in [-0.39, 0.29) is 18.4 Å². The number of hydrogen-bond acceptors (Lipinski definition) is 4. The molecular formula is C38H45F5N6O3. The third-order valence-corrected chi connectivity index (χ3v) is 8.47. The molecule has 3 N–H and O–H groups in total. The molecule has 0 saturated carbocycles. The number of carbonyl (C=O) groups is 2. The Bertz CT molecular complexity index is 1730. The number of hydrogen-bond donors (Lipinski definition) is 2. The third kappa shape index (κ3) is 11.5. The van der Waals surface area contributed by atoms with E-state index >= 15 is 0 Å². The zero-order chi connectivity index (χ0) is 37.3. The Labute approximate surface area is 299 Å². The van der Waals surface area contributed by atoms with Crippen molar-refractivity contribution in [2.75, 3.05) is 13.1 Å². The van der Waals surface area contributed by atoms with Gasteiger partial charge in [-0.3, -0.25) is 4.79 Å². The van der Waals surface area contributed by atoms with Crippen molar-refractivity contribution in [2.24, 2.45) is 5.73 Å². The van der Waals surface area contributed by atoms with Gasteiger partial charge in [0.25, 0.3) is 0 Å². The van der Waals surface area contributed by atoms with E-state index in [2.05, 4.69) is 27.0 Å². The van der Waals surface area contributed by atoms with Crippen LogP contribution in [-0.2, 0) is 22.7 Å². The molecule has 4 aromatic heterocycles. The number of ether oxygens (including phenoxy) is 1. The number of amides is 1. The Morgan fingerprint density at radius 1 is 0.577 bits per heavy atom. The first-order valence-corrected chi connectivity index (χ1v) is 17.4. The number of nitrogens with zero attached hydrogens (tertiary/aromatic N) is 4. The summed E-state index contributed by atoms with van der Waals surface area (Å²) in [5.41, 5.74) is 5.48. The second-order valence-electron chi connectivity index (χ2n) is 12.2. The van der Waals surface area contributed by atoms with Crippen LogP contribution in [0.1, 0.15) is 63.5 Å². The summed E-state index contributed by atoms with van der Waals surface area (Å²) in [6.07, 6.45) is 21.4. The predicted molar refractivity (Wildman–Crippen MR) is 187 cm³/mol. The molecule has 0 saturated heterocycles. The van der Waals surface area contributed by atoms with Gasteiger partial charge in [-0.25, -0.2) is 18.0 Å². The zero-order valence-electron chi connectivity index (χ0n) is 28.9. The maximum atomic E-state index is 13.8. The van der Waals surface area contributed by atoms with Crippen LogP contribution in [0.3, 0.4) is 0 Å². The minimum absolute atomic E-state index is 0.110. The van der Waals surface area contributed by atoms with E-state index in [0.29, 0.717) is 32.5 Å². The number of nitrogens with one attached hydrogen (secondary N) is 1. The quantitative estimate of drug-likeness (QED) is 0.0229. The maximum absolute atomic E-state index is 13.8. The second-order valence-corrected chi connectivity index (χ2v) is 12.2. The molecule has 14 heteroatoms. The fraction of sp³-hybridized carbons (Fsp3) is 0.368. The van der Waals surface area contributed by atoms with E-state index in [4.69, 9.17) is 5.73 Å². The average Bonchev–Trinajstić information content (AvgIpc) is 4.00. The van der Waals surface area contributed by atoms with Gasteiger partial charge in [0.15, 0.2) is 0 Å². The largest absolute Gasteiger partial charge is 0.418 e. The number of carbonyl (C=O) groups excluding carboxylic acids is 2. The Kier molecular flexibility index (Phi) is 15.8. The average molecular weight is 729 g/mol. The van der Waals surface area contributed by atoms with Crippen LogP contribution in [0.25, 0.3) is 0 Å². The van der Waals surface area contributed by atoms with Gasteiger partial charge in [0.2, 0.25) is 40.7 Å². The van der Waals surface area contributed by atoms with Gasteiger partial charge in [-0.05, 0) is 106 Å². The van der Waals surface area contributed by atoms with Crippen LogP contribution >= 0.6 is 0 Å². The highest BCUT2D eigenvalue weighted by molar-refractivity contribution is 5.80. The smallest absolute Gasteiger partial charge is 0.334 e. The SMILES string of the molecule is NCCCCNC(=O)[C@H](CCCCn1cccc1)n1cccc1.O=C(Oc1c(F)c(F)c(F)c(F)c1F)[C@H](CCCCn1cccc1)n1cccc1. The van der Waals surface area contributed by atoms with Crippen molar-refractivity contribution in [1.29, 1.82) is 0 Å². The molecule has 280 valence electrons. The lowest BCUT2D eigenvalue weighted by atomic mass is 10.1. The summed E-state index contributed by atoms with van der Waals surface area (Å²) in [6, 6.07) is 13.9. The molecule has 4 heterocycles. The van der Waals surface area contributed by atoms with Gasteiger partial charge >= 0.3 is 5.97 Å². The number of rotatable bonds is 19. The zero-order valence-corrected chi connectivity index (χ0v) is 28.9. The maximum Gasteiger partial charge on any atom is 0.334 e. The van der Waals surface area contributed by atoms with E-state index in [1.54, 1.807) is 24.5 Å². The highest BCUT2D eigenvalue weighted by Gasteiger charge is 2.31. The number of esters is 1. The van der Waals surface area contributed by atoms with Crippen molar-refractivity contribution in [3.63, 3.8) is 0 Å². The first-order valence-electron chi connectivity index (χ1n) is 17.4. The van der Waals surface area contributed by atoms with Crippen molar-refractivity contribution >= 4 is 11.9 Å². The van der Waals surface area contributed by atoms with Gasteiger partial charge in [-0.15, -0.1) is 0 Å². The molecule has 5 rings (SSSR count).